The molecule has 4 bridgehead atoms. The molecule has 0 saturated heterocycles. The van der Waals surface area contributed by atoms with Crippen LogP contribution in [0.25, 0.3) is 0 Å². The van der Waals surface area contributed by atoms with Crippen molar-refractivity contribution in [3.63, 3.8) is 0 Å². The van der Waals surface area contributed by atoms with Crippen LogP contribution in [0.4, 0.5) is 17.6 Å². The topological polar surface area (TPSA) is 104 Å². The van der Waals surface area contributed by atoms with E-state index in [-0.39, 0.29) is 31.3 Å². The van der Waals surface area contributed by atoms with Crippen LogP contribution < -0.4 is 0 Å². The third kappa shape index (κ3) is 3.92. The van der Waals surface area contributed by atoms with Crippen LogP contribution in [-0.2, 0) is 25.4 Å². The smallest absolute Gasteiger partial charge is 0.371 e. The van der Waals surface area contributed by atoms with Crippen LogP contribution in [0, 0.1) is 22.7 Å². The average molecular weight is 443 g/mol. The van der Waals surface area contributed by atoms with Gasteiger partial charge in [0.25, 0.3) is 0 Å². The van der Waals surface area contributed by atoms with Gasteiger partial charge in [-0.25, -0.2) is 0 Å². The number of carboxylic acid groups (broad SMARTS) is 1. The molecule has 4 rings (SSSR count). The number of ether oxygens (including phenoxy) is 1. The van der Waals surface area contributed by atoms with Crippen molar-refractivity contribution in [3.8, 4) is 0 Å². The van der Waals surface area contributed by atoms with Crippen LogP contribution in [0.3, 0.4) is 0 Å². The molecule has 3 atom stereocenters. The molecule has 166 valence electrons. The molecule has 4 aliphatic carbocycles. The summed E-state index contributed by atoms with van der Waals surface area (Å²) in [6, 6.07) is 0. The first kappa shape index (κ1) is 22.5. The third-order valence-corrected chi connectivity index (χ3v) is 7.42. The first-order chi connectivity index (χ1) is 13.3. The molecular weight excluding hydrogens is 420 g/mol. The number of unbranched alkanes of at least 4 members (excludes halogenated alkanes) is 1. The Kier molecular flexibility index (Phi) is 5.79. The summed E-state index contributed by atoms with van der Waals surface area (Å²) in [5, 5.41) is 4.51. The average Bonchev–Trinajstić information content (AvgIpc) is 2.59. The van der Waals surface area contributed by atoms with Gasteiger partial charge in [0.1, 0.15) is 0 Å². The van der Waals surface area contributed by atoms with Crippen molar-refractivity contribution in [2.24, 2.45) is 22.7 Å². The van der Waals surface area contributed by atoms with Gasteiger partial charge in [0.2, 0.25) is 0 Å². The molecule has 1 N–H and O–H groups in total. The second kappa shape index (κ2) is 7.47. The van der Waals surface area contributed by atoms with Crippen molar-refractivity contribution in [1.29, 1.82) is 0 Å². The first-order valence-electron chi connectivity index (χ1n) is 9.59. The van der Waals surface area contributed by atoms with E-state index >= 15 is 0 Å². The number of carboxylic acids is 1. The molecule has 0 aliphatic heterocycles. The molecule has 11 heteroatoms. The fourth-order valence-electron chi connectivity index (χ4n) is 5.79. The Morgan fingerprint density at radius 3 is 2.14 bits per heavy atom. The minimum Gasteiger partial charge on any atom is -0.768 e. The Bertz CT molecular complexity index is 698. The van der Waals surface area contributed by atoms with Crippen molar-refractivity contribution in [2.75, 3.05) is 6.61 Å². The summed E-state index contributed by atoms with van der Waals surface area (Å²) in [5.74, 6) is -5.86. The molecule has 0 aromatic rings. The maximum Gasteiger partial charge on any atom is 0.371 e. The van der Waals surface area contributed by atoms with Gasteiger partial charge in [0.05, 0.1) is 17.4 Å². The molecule has 29 heavy (non-hydrogen) atoms. The number of esters is 1. The lowest BCUT2D eigenvalue weighted by Gasteiger charge is -2.59. The van der Waals surface area contributed by atoms with Gasteiger partial charge < -0.3 is 14.4 Å². The number of carbonyl (C=O) groups is 2. The molecule has 3 unspecified atom stereocenters. The number of carbonyl (C=O) groups excluding carboxylic acids is 1. The predicted octanol–water partition coefficient (Wildman–Crippen LogP) is 3.48. The highest BCUT2D eigenvalue weighted by Crippen LogP contribution is 2.65. The van der Waals surface area contributed by atoms with E-state index in [0.29, 0.717) is 25.7 Å². The predicted molar refractivity (Wildman–Crippen MR) is 90.8 cm³/mol. The standard InChI is InChI=1S/C18H24F4O6S/c19-17(20,18(21,22)29(26)27)3-1-2-4-28-14(25)16-8-11-5-12(9-16)7-15(6-11,10-16)13(23)24/h11-12H,1-10H2,(H,23,24)(H,26,27)/p-1. The molecule has 6 nitrogen and oxygen atoms in total. The van der Waals surface area contributed by atoms with E-state index < -0.39 is 57.9 Å². The monoisotopic (exact) mass is 443 g/mol. The van der Waals surface area contributed by atoms with Gasteiger partial charge >= 0.3 is 23.1 Å². The normalized spacial score (nSPS) is 34.8. The van der Waals surface area contributed by atoms with Gasteiger partial charge in [0.15, 0.2) is 0 Å². The van der Waals surface area contributed by atoms with Gasteiger partial charge in [-0.2, -0.15) is 17.6 Å². The van der Waals surface area contributed by atoms with Crippen LogP contribution in [0.1, 0.15) is 57.8 Å². The molecule has 4 saturated carbocycles. The van der Waals surface area contributed by atoms with Crippen molar-refractivity contribution >= 4 is 23.0 Å². The highest BCUT2D eigenvalue weighted by Gasteiger charge is 2.64. The summed E-state index contributed by atoms with van der Waals surface area (Å²) >= 11 is -4.24. The molecule has 0 aromatic carbocycles. The van der Waals surface area contributed by atoms with Crippen molar-refractivity contribution in [1.82, 2.24) is 0 Å². The fraction of sp³-hybridized carbons (Fsp3) is 0.889. The van der Waals surface area contributed by atoms with Gasteiger partial charge in [-0.1, -0.05) is 0 Å². The summed E-state index contributed by atoms with van der Waals surface area (Å²) < 4.78 is 78.5. The number of hydrogen-bond acceptors (Lipinski definition) is 5. The molecule has 4 aliphatic rings. The number of hydrogen-bond donors (Lipinski definition) is 1. The minimum atomic E-state index is -5.16. The van der Waals surface area contributed by atoms with E-state index in [4.69, 9.17) is 4.74 Å². The summed E-state index contributed by atoms with van der Waals surface area (Å²) in [6.07, 6.45) is 1.38. The fourth-order valence-corrected chi connectivity index (χ4v) is 6.13. The van der Waals surface area contributed by atoms with Gasteiger partial charge in [-0.3, -0.25) is 13.8 Å². The van der Waals surface area contributed by atoms with E-state index in [0.717, 1.165) is 6.42 Å². The molecule has 0 amide bonds. The molecule has 0 spiro atoms. The Hall–Kier alpha value is -1.23. The second-order valence-corrected chi connectivity index (χ2v) is 9.86. The van der Waals surface area contributed by atoms with Crippen LogP contribution in [0.5, 0.6) is 0 Å². The van der Waals surface area contributed by atoms with Crippen molar-refractivity contribution in [3.05, 3.63) is 0 Å². The van der Waals surface area contributed by atoms with E-state index in [9.17, 15) is 41.0 Å². The van der Waals surface area contributed by atoms with E-state index in [1.165, 1.54) is 0 Å². The molecular formula is C18H23F4O6S-. The van der Waals surface area contributed by atoms with Gasteiger partial charge in [-0.05, 0) is 63.2 Å². The highest BCUT2D eigenvalue weighted by molar-refractivity contribution is 7.80. The Balaban J connectivity index is 1.52. The quantitative estimate of drug-likeness (QED) is 0.253. The van der Waals surface area contributed by atoms with E-state index in [2.05, 4.69) is 0 Å². The van der Waals surface area contributed by atoms with Crippen molar-refractivity contribution in [2.45, 2.75) is 69.0 Å². The molecule has 4 fully saturated rings. The van der Waals surface area contributed by atoms with Gasteiger partial charge in [0, 0.05) is 17.5 Å². The molecule has 0 radical (unpaired) electrons. The largest absolute Gasteiger partial charge is 0.768 e. The lowest BCUT2D eigenvalue weighted by atomic mass is 9.44. The van der Waals surface area contributed by atoms with Crippen LogP contribution in [-0.4, -0.2) is 43.6 Å². The minimum absolute atomic E-state index is 0.129. The summed E-state index contributed by atoms with van der Waals surface area (Å²) in [6.45, 7) is -0.266. The highest BCUT2D eigenvalue weighted by atomic mass is 32.2. The summed E-state index contributed by atoms with van der Waals surface area (Å²) in [5.41, 5.74) is -1.79. The first-order valence-corrected chi connectivity index (χ1v) is 10.7. The zero-order valence-corrected chi connectivity index (χ0v) is 16.5. The zero-order chi connectivity index (χ0) is 21.7. The third-order valence-electron chi connectivity index (χ3n) is 6.70. The van der Waals surface area contributed by atoms with Gasteiger partial charge in [-0.15, -0.1) is 0 Å². The second-order valence-electron chi connectivity index (χ2n) is 8.88. The Morgan fingerprint density at radius 2 is 1.62 bits per heavy atom. The maximum atomic E-state index is 13.4. The Morgan fingerprint density at radius 1 is 1.07 bits per heavy atom. The molecule has 0 heterocycles. The molecule has 0 aromatic heterocycles. The lowest BCUT2D eigenvalue weighted by Crippen LogP contribution is -2.57. The summed E-state index contributed by atoms with van der Waals surface area (Å²) in [7, 11) is 0. The lowest BCUT2D eigenvalue weighted by molar-refractivity contribution is -0.191. The number of halogens is 4. The SMILES string of the molecule is O=C(O)C12CC3CC(C1)CC(C(=O)OCCCCC(F)(F)C(F)(F)S(=O)[O-])(C3)C2. The van der Waals surface area contributed by atoms with E-state index in [1.807, 2.05) is 0 Å². The maximum absolute atomic E-state index is 13.4. The summed E-state index contributed by atoms with van der Waals surface area (Å²) in [4.78, 5) is 24.5. The van der Waals surface area contributed by atoms with Crippen LogP contribution in [0.15, 0.2) is 0 Å². The van der Waals surface area contributed by atoms with E-state index in [1.54, 1.807) is 0 Å². The number of alkyl halides is 4. The van der Waals surface area contributed by atoms with Crippen molar-refractivity contribution < 1.29 is 45.8 Å². The van der Waals surface area contributed by atoms with Crippen LogP contribution in [0.2, 0.25) is 0 Å². The van der Waals surface area contributed by atoms with Crippen LogP contribution >= 0.6 is 0 Å². The Labute approximate surface area is 167 Å². The number of rotatable bonds is 9. The zero-order valence-electron chi connectivity index (χ0n) is 15.6. The number of aliphatic carboxylic acids is 1.